The van der Waals surface area contributed by atoms with E-state index in [0.29, 0.717) is 12.8 Å². The summed E-state index contributed by atoms with van der Waals surface area (Å²) in [7, 11) is 0. The van der Waals surface area contributed by atoms with Gasteiger partial charge in [-0.05, 0) is 45.4 Å². The summed E-state index contributed by atoms with van der Waals surface area (Å²) in [6.45, 7) is 26.9. The van der Waals surface area contributed by atoms with E-state index in [4.69, 9.17) is 1.37 Å². The van der Waals surface area contributed by atoms with E-state index in [1.165, 1.54) is 46.5 Å². The van der Waals surface area contributed by atoms with Crippen LogP contribution in [-0.2, 0) is 0 Å². The van der Waals surface area contributed by atoms with Gasteiger partial charge in [-0.15, -0.1) is 0 Å². The molecule has 0 aliphatic rings. The first kappa shape index (κ1) is 98.0. The first-order valence-corrected chi connectivity index (χ1v) is 25.4. The molecule has 1 unspecified atom stereocenters. The van der Waals surface area contributed by atoms with Gasteiger partial charge < -0.3 is 0 Å². The van der Waals surface area contributed by atoms with Gasteiger partial charge in [0.05, 0.1) is 23.2 Å². The van der Waals surface area contributed by atoms with Crippen molar-refractivity contribution in [2.45, 2.75) is 284 Å². The van der Waals surface area contributed by atoms with E-state index in [9.17, 15) is 132 Å². The summed E-state index contributed by atoms with van der Waals surface area (Å²) in [6, 6.07) is 0. The molecule has 506 valence electrons. The molecule has 0 amide bonds. The van der Waals surface area contributed by atoms with Crippen LogP contribution in [0.3, 0.4) is 0 Å². The molecule has 81 heavy (non-hydrogen) atoms. The molecule has 0 saturated carbocycles. The van der Waals surface area contributed by atoms with Gasteiger partial charge in [0, 0.05) is 26.0 Å². The lowest BCUT2D eigenvalue weighted by Crippen LogP contribution is -2.44. The van der Waals surface area contributed by atoms with Crippen LogP contribution in [0.4, 0.5) is 132 Å². The minimum absolute atomic E-state index is 0.104. The molecule has 0 nitrogen and oxygen atoms in total. The van der Waals surface area contributed by atoms with Gasteiger partial charge >= 0.3 is 61.8 Å². The minimum Gasteiger partial charge on any atom is -0.171 e. The molecule has 0 aliphatic carbocycles. The van der Waals surface area contributed by atoms with Crippen LogP contribution in [0, 0.1) is 46.3 Å². The SMILES string of the molecule is CC(C)(C(F)(F)F)C(F)(F)F.CC(C)(C)C(F)(F)F.CC(C)C(F)(F)F.CCC(C)C.CCC(C)C(F)(F)F.CCCCC.CCCCCC(F)(F)F.CCC[C@H](C)C(F)(F)F.C[C@@H](CCC(F)(F)F)C(F)(F)F.[2H]C(C)(C)C(F)(F)F. The molecular formula is C51H92F30. The van der Waals surface area contributed by atoms with Gasteiger partial charge in [-0.3, -0.25) is 0 Å². The van der Waals surface area contributed by atoms with Gasteiger partial charge in [-0.25, -0.2) is 0 Å². The zero-order valence-electron chi connectivity index (χ0n) is 50.9. The van der Waals surface area contributed by atoms with Crippen molar-refractivity contribution in [2.75, 3.05) is 0 Å². The van der Waals surface area contributed by atoms with Crippen molar-refractivity contribution in [2.24, 2.45) is 46.3 Å². The Hall–Kier alpha value is -2.10. The maximum Gasteiger partial charge on any atom is 0.402 e. The van der Waals surface area contributed by atoms with Crippen molar-refractivity contribution in [1.82, 2.24) is 0 Å². The van der Waals surface area contributed by atoms with Crippen LogP contribution < -0.4 is 0 Å². The van der Waals surface area contributed by atoms with Gasteiger partial charge in [0.25, 0.3) is 0 Å². The standard InChI is InChI=1S/C6H8F6.2C6H11F3.C5H6F6.2C5H9F3.2C5H12.2C4H7F3/c1-4(6(10,11)12)2-3-5(7,8)9;1-3-4-5(2)6(7,8)9;1-2-3-4-5-6(7,8)9;1-3(2,4(6,7)8)5(9,10)11;1-4(2,3)5(6,7)8;1-3-4(2)5(6,7)8;1-4-5(2)3;1-3-5-4-2;2*1-3(2)4(5,6)7/h4H,2-3H2,1H3;5H,3-4H2,1-2H3;2-5H2,1H3;1-2H3;1-3H3;4H,3H2,1-2H3;5H,4H2,1-3H3;3-5H2,1-2H3;2*3H,1-2H3/t4-;5-;;;;;;;;/m00......../s1/i;;;;;;;;3D;. The fourth-order valence-electron chi connectivity index (χ4n) is 2.46. The van der Waals surface area contributed by atoms with E-state index >= 15 is 0 Å². The third-order valence-corrected chi connectivity index (χ3v) is 9.95. The molecule has 0 spiro atoms. The summed E-state index contributed by atoms with van der Waals surface area (Å²) in [6.07, 6.45) is -38.6. The number of hydrogen-bond donors (Lipinski definition) is 0. The fraction of sp³-hybridized carbons (Fsp3) is 1.00. The Morgan fingerprint density at radius 3 is 0.642 bits per heavy atom. The average Bonchev–Trinajstić information content (AvgIpc) is 3.20. The maximum absolute atomic E-state index is 11.7. The number of unbranched alkanes of at least 4 members (excludes halogenated alkanes) is 4. The van der Waals surface area contributed by atoms with E-state index in [2.05, 4.69) is 34.6 Å². The average molecular weight is 1280 g/mol. The van der Waals surface area contributed by atoms with Crippen LogP contribution in [0.15, 0.2) is 0 Å². The quantitative estimate of drug-likeness (QED) is 0.143. The van der Waals surface area contributed by atoms with E-state index < -0.39 is 121 Å². The molecule has 0 aromatic rings. The summed E-state index contributed by atoms with van der Waals surface area (Å²) in [4.78, 5) is 0. The molecule has 0 bridgehead atoms. The van der Waals surface area contributed by atoms with Crippen LogP contribution in [0.25, 0.3) is 0 Å². The zero-order valence-corrected chi connectivity index (χ0v) is 49.9. The molecule has 0 aromatic heterocycles. The maximum atomic E-state index is 11.7. The topological polar surface area (TPSA) is 0 Å². The third kappa shape index (κ3) is 77.9. The zero-order chi connectivity index (χ0) is 69.6. The predicted octanol–water partition coefficient (Wildman–Crippen LogP) is 26.6. The Kier molecular flexibility index (Phi) is 54.7. The van der Waals surface area contributed by atoms with Crippen molar-refractivity contribution in [3.63, 3.8) is 0 Å². The highest BCUT2D eigenvalue weighted by molar-refractivity contribution is 4.84. The van der Waals surface area contributed by atoms with Gasteiger partial charge in [-0.1, -0.05) is 170 Å². The predicted molar refractivity (Wildman–Crippen MR) is 260 cm³/mol. The van der Waals surface area contributed by atoms with Crippen molar-refractivity contribution >= 4 is 0 Å². The highest BCUT2D eigenvalue weighted by Crippen LogP contribution is 2.49. The van der Waals surface area contributed by atoms with Gasteiger partial charge in [0.15, 0.2) is 5.41 Å². The van der Waals surface area contributed by atoms with Gasteiger partial charge in [-0.2, -0.15) is 132 Å². The normalized spacial score (nSPS) is 14.2. The highest BCUT2D eigenvalue weighted by Gasteiger charge is 2.64. The monoisotopic (exact) mass is 1280 g/mol. The Morgan fingerprint density at radius 2 is 0.556 bits per heavy atom. The van der Waals surface area contributed by atoms with E-state index in [-0.39, 0.29) is 33.1 Å². The number of alkyl halides is 30. The molecule has 0 rings (SSSR count). The lowest BCUT2D eigenvalue weighted by molar-refractivity contribution is -0.327. The second kappa shape index (κ2) is 45.2. The lowest BCUT2D eigenvalue weighted by Gasteiger charge is -2.29. The molecule has 0 radical (unpaired) electrons. The van der Waals surface area contributed by atoms with Crippen LogP contribution in [0.2, 0.25) is 0 Å². The van der Waals surface area contributed by atoms with Crippen LogP contribution in [0.1, 0.15) is 223 Å². The molecule has 0 saturated heterocycles. The molecule has 0 fully saturated rings. The lowest BCUT2D eigenvalue weighted by atomic mass is 9.92. The fourth-order valence-corrected chi connectivity index (χ4v) is 2.46. The Morgan fingerprint density at radius 1 is 0.309 bits per heavy atom. The van der Waals surface area contributed by atoms with Crippen LogP contribution >= 0.6 is 0 Å². The van der Waals surface area contributed by atoms with Crippen molar-refractivity contribution in [3.05, 3.63) is 0 Å². The van der Waals surface area contributed by atoms with Crippen LogP contribution in [0.5, 0.6) is 0 Å². The van der Waals surface area contributed by atoms with E-state index in [1.807, 2.05) is 6.92 Å². The van der Waals surface area contributed by atoms with E-state index in [1.54, 1.807) is 6.92 Å². The molecular weight excluding hydrogens is 1180 g/mol. The molecule has 0 heterocycles. The van der Waals surface area contributed by atoms with Crippen molar-refractivity contribution in [1.29, 1.82) is 0 Å². The van der Waals surface area contributed by atoms with Crippen LogP contribution in [-0.4, -0.2) is 61.8 Å². The molecule has 0 aromatic carbocycles. The first-order chi connectivity index (χ1) is 35.3. The second-order valence-electron chi connectivity index (χ2n) is 20.5. The summed E-state index contributed by atoms with van der Waals surface area (Å²) in [5.74, 6) is -6.81. The van der Waals surface area contributed by atoms with Crippen molar-refractivity contribution < 1.29 is 133 Å². The number of halogens is 30. The highest BCUT2D eigenvalue weighted by atomic mass is 19.4. The molecule has 0 N–H and O–H groups in total. The first-order valence-electron chi connectivity index (χ1n) is 25.9. The van der Waals surface area contributed by atoms with Gasteiger partial charge in [0.2, 0.25) is 0 Å². The number of rotatable bonds is 11. The van der Waals surface area contributed by atoms with E-state index in [0.717, 1.165) is 67.7 Å². The summed E-state index contributed by atoms with van der Waals surface area (Å²) in [5, 5.41) is 0. The molecule has 30 heteroatoms. The number of hydrogen-bond acceptors (Lipinski definition) is 0. The Labute approximate surface area is 462 Å². The summed E-state index contributed by atoms with van der Waals surface area (Å²) >= 11 is 0. The summed E-state index contributed by atoms with van der Waals surface area (Å²) in [5.41, 5.74) is -5.19. The largest absolute Gasteiger partial charge is 0.402 e. The Balaban J connectivity index is -0.0000000886. The third-order valence-electron chi connectivity index (χ3n) is 9.95. The second-order valence-corrected chi connectivity index (χ2v) is 20.5. The smallest absolute Gasteiger partial charge is 0.171 e. The Bertz CT molecular complexity index is 1320. The van der Waals surface area contributed by atoms with Crippen molar-refractivity contribution in [3.8, 4) is 0 Å². The van der Waals surface area contributed by atoms with Gasteiger partial charge in [0.1, 0.15) is 0 Å². The summed E-state index contributed by atoms with van der Waals surface area (Å²) < 4.78 is 351. The molecule has 3 atom stereocenters. The molecule has 0 aliphatic heterocycles. The minimum atomic E-state index is -5.24.